The number of aryl methyl sites for hydroxylation is 1. The van der Waals surface area contributed by atoms with Crippen LogP contribution < -0.4 is 5.73 Å². The lowest BCUT2D eigenvalue weighted by atomic mass is 9.80. The maximum atomic E-state index is 13.2. The molecule has 100 valence electrons. The lowest BCUT2D eigenvalue weighted by Crippen LogP contribution is -2.10. The van der Waals surface area contributed by atoms with Crippen LogP contribution >= 0.6 is 11.6 Å². The van der Waals surface area contributed by atoms with Crippen molar-refractivity contribution < 1.29 is 4.39 Å². The van der Waals surface area contributed by atoms with Crippen LogP contribution in [0.15, 0.2) is 18.2 Å². The van der Waals surface area contributed by atoms with Gasteiger partial charge in [0.25, 0.3) is 0 Å². The van der Waals surface area contributed by atoms with E-state index < -0.39 is 0 Å². The summed E-state index contributed by atoms with van der Waals surface area (Å²) in [6, 6.07) is 4.39. The number of hydrogen-bond acceptors (Lipinski definition) is 2. The van der Waals surface area contributed by atoms with Gasteiger partial charge in [0.1, 0.15) is 11.6 Å². The molecule has 0 amide bonds. The average Bonchev–Trinajstić information content (AvgIpc) is 2.54. The Morgan fingerprint density at radius 3 is 2.74 bits per heavy atom. The largest absolute Gasteiger partial charge is 0.383 e. The Hall–Kier alpha value is -1.55. The zero-order valence-electron chi connectivity index (χ0n) is 10.7. The number of nitrogens with two attached hydrogens (primary N) is 1. The van der Waals surface area contributed by atoms with Gasteiger partial charge in [-0.25, -0.2) is 4.39 Å². The summed E-state index contributed by atoms with van der Waals surface area (Å²) in [4.78, 5) is 0. The van der Waals surface area contributed by atoms with Gasteiger partial charge in [0.2, 0.25) is 0 Å². The van der Waals surface area contributed by atoms with Crippen molar-refractivity contribution in [2.45, 2.75) is 25.2 Å². The van der Waals surface area contributed by atoms with Crippen molar-refractivity contribution in [1.29, 1.82) is 0 Å². The van der Waals surface area contributed by atoms with E-state index in [1.807, 2.05) is 7.05 Å². The lowest BCUT2D eigenvalue weighted by Gasteiger charge is -2.24. The van der Waals surface area contributed by atoms with Crippen LogP contribution in [-0.2, 0) is 7.05 Å². The fourth-order valence-electron chi connectivity index (χ4n) is 2.49. The summed E-state index contributed by atoms with van der Waals surface area (Å²) in [6.07, 6.45) is 3.47. The first kappa shape index (κ1) is 12.5. The Kier molecular flexibility index (Phi) is 2.97. The second-order valence-electron chi connectivity index (χ2n) is 5.02. The molecule has 1 aromatic carbocycles. The van der Waals surface area contributed by atoms with E-state index >= 15 is 0 Å². The molecular weight excluding hydrogens is 265 g/mol. The van der Waals surface area contributed by atoms with E-state index in [4.69, 9.17) is 17.3 Å². The van der Waals surface area contributed by atoms with Crippen LogP contribution in [0.25, 0.3) is 11.1 Å². The van der Waals surface area contributed by atoms with Gasteiger partial charge in [-0.15, -0.1) is 0 Å². The maximum Gasteiger partial charge on any atom is 0.129 e. The Morgan fingerprint density at radius 2 is 2.16 bits per heavy atom. The van der Waals surface area contributed by atoms with E-state index in [-0.39, 0.29) is 5.82 Å². The molecule has 3 nitrogen and oxygen atoms in total. The number of anilines is 1. The molecule has 5 heteroatoms. The molecule has 0 saturated heterocycles. The fraction of sp³-hybridized carbons (Fsp3) is 0.357. The number of nitrogens with zero attached hydrogens (tertiary/aromatic N) is 2. The molecule has 0 aliphatic heterocycles. The molecule has 19 heavy (non-hydrogen) atoms. The third-order valence-corrected chi connectivity index (χ3v) is 4.12. The van der Waals surface area contributed by atoms with Gasteiger partial charge >= 0.3 is 0 Å². The summed E-state index contributed by atoms with van der Waals surface area (Å²) in [5, 5.41) is 4.89. The first-order valence-corrected chi connectivity index (χ1v) is 6.73. The van der Waals surface area contributed by atoms with E-state index in [0.717, 1.165) is 29.7 Å². The van der Waals surface area contributed by atoms with Crippen LogP contribution in [0.3, 0.4) is 0 Å². The molecule has 2 aromatic rings. The third-order valence-electron chi connectivity index (χ3n) is 3.81. The second-order valence-corrected chi connectivity index (χ2v) is 5.43. The van der Waals surface area contributed by atoms with Crippen molar-refractivity contribution in [3.63, 3.8) is 0 Å². The normalized spacial score (nSPS) is 15.5. The first-order chi connectivity index (χ1) is 9.08. The molecule has 0 bridgehead atoms. The molecule has 0 atom stereocenters. The smallest absolute Gasteiger partial charge is 0.129 e. The average molecular weight is 280 g/mol. The Balaban J connectivity index is 2.17. The second kappa shape index (κ2) is 4.53. The monoisotopic (exact) mass is 279 g/mol. The van der Waals surface area contributed by atoms with E-state index in [0.29, 0.717) is 16.8 Å². The minimum atomic E-state index is -0.346. The number of nitrogen functional groups attached to an aromatic ring is 1. The number of halogens is 2. The van der Waals surface area contributed by atoms with Crippen molar-refractivity contribution in [3.05, 3.63) is 34.7 Å². The number of benzene rings is 1. The molecule has 1 aromatic heterocycles. The van der Waals surface area contributed by atoms with Gasteiger partial charge in [-0.1, -0.05) is 18.0 Å². The van der Waals surface area contributed by atoms with E-state index in [1.165, 1.54) is 18.6 Å². The van der Waals surface area contributed by atoms with Crippen LogP contribution in [0.4, 0.5) is 10.2 Å². The summed E-state index contributed by atoms with van der Waals surface area (Å²) < 4.78 is 14.8. The van der Waals surface area contributed by atoms with Crippen molar-refractivity contribution in [2.75, 3.05) is 5.73 Å². The number of hydrogen-bond donors (Lipinski definition) is 1. The molecule has 2 N–H and O–H groups in total. The summed E-state index contributed by atoms with van der Waals surface area (Å²) in [6.45, 7) is 0. The highest BCUT2D eigenvalue weighted by Gasteiger charge is 2.28. The highest BCUT2D eigenvalue weighted by Crippen LogP contribution is 2.44. The topological polar surface area (TPSA) is 43.8 Å². The number of rotatable bonds is 2. The number of aromatic nitrogens is 2. The molecule has 3 rings (SSSR count). The van der Waals surface area contributed by atoms with Gasteiger partial charge in [-0.2, -0.15) is 5.10 Å². The van der Waals surface area contributed by atoms with Crippen LogP contribution in [-0.4, -0.2) is 9.78 Å². The Morgan fingerprint density at radius 1 is 1.42 bits per heavy atom. The lowest BCUT2D eigenvalue weighted by molar-refractivity contribution is 0.408. The van der Waals surface area contributed by atoms with E-state index in [2.05, 4.69) is 5.10 Å². The van der Waals surface area contributed by atoms with Crippen LogP contribution in [0.1, 0.15) is 30.9 Å². The third kappa shape index (κ3) is 2.00. The quantitative estimate of drug-likeness (QED) is 0.910. The predicted molar refractivity (Wildman–Crippen MR) is 74.6 cm³/mol. The fourth-order valence-corrected chi connectivity index (χ4v) is 2.76. The molecule has 0 radical (unpaired) electrons. The van der Waals surface area contributed by atoms with Gasteiger partial charge in [0, 0.05) is 24.1 Å². The van der Waals surface area contributed by atoms with Crippen molar-refractivity contribution in [2.24, 2.45) is 7.05 Å². The summed E-state index contributed by atoms with van der Waals surface area (Å²) in [5.74, 6) is 0.677. The summed E-state index contributed by atoms with van der Waals surface area (Å²) in [5.41, 5.74) is 8.71. The molecule has 1 aliphatic carbocycles. The van der Waals surface area contributed by atoms with E-state index in [9.17, 15) is 4.39 Å². The van der Waals surface area contributed by atoms with Crippen molar-refractivity contribution in [1.82, 2.24) is 9.78 Å². The van der Waals surface area contributed by atoms with Crippen LogP contribution in [0, 0.1) is 5.82 Å². The van der Waals surface area contributed by atoms with Gasteiger partial charge in [-0.05, 0) is 31.0 Å². The summed E-state index contributed by atoms with van der Waals surface area (Å²) in [7, 11) is 1.82. The minimum absolute atomic E-state index is 0.346. The van der Waals surface area contributed by atoms with E-state index in [1.54, 1.807) is 10.7 Å². The molecular formula is C14H15ClFN3. The van der Waals surface area contributed by atoms with Gasteiger partial charge in [0.05, 0.1) is 10.7 Å². The molecule has 1 aliphatic rings. The standard InChI is InChI=1S/C14H15ClFN3/c1-19-14(17)12(13(18-19)8-3-2-4-8)10-6-5-9(16)7-11(10)15/h5-8H,2-4,17H2,1H3. The maximum absolute atomic E-state index is 13.2. The van der Waals surface area contributed by atoms with Gasteiger partial charge in [0.15, 0.2) is 0 Å². The van der Waals surface area contributed by atoms with Crippen LogP contribution in [0.2, 0.25) is 5.02 Å². The van der Waals surface area contributed by atoms with Gasteiger partial charge < -0.3 is 5.73 Å². The Labute approximate surface area is 116 Å². The SMILES string of the molecule is Cn1nc(C2CCC2)c(-c2ccc(F)cc2Cl)c1N. The molecule has 0 spiro atoms. The Bertz CT molecular complexity index is 632. The minimum Gasteiger partial charge on any atom is -0.383 e. The zero-order valence-corrected chi connectivity index (χ0v) is 11.4. The first-order valence-electron chi connectivity index (χ1n) is 6.35. The predicted octanol–water partition coefficient (Wildman–Crippen LogP) is 3.73. The van der Waals surface area contributed by atoms with Crippen molar-refractivity contribution >= 4 is 17.4 Å². The molecule has 1 fully saturated rings. The summed E-state index contributed by atoms with van der Waals surface area (Å²) >= 11 is 6.15. The zero-order chi connectivity index (χ0) is 13.6. The molecule has 1 saturated carbocycles. The van der Waals surface area contributed by atoms with Gasteiger partial charge in [-0.3, -0.25) is 4.68 Å². The molecule has 0 unspecified atom stereocenters. The van der Waals surface area contributed by atoms with Crippen LogP contribution in [0.5, 0.6) is 0 Å². The molecule has 1 heterocycles. The van der Waals surface area contributed by atoms with Crippen molar-refractivity contribution in [3.8, 4) is 11.1 Å². The highest BCUT2D eigenvalue weighted by atomic mass is 35.5. The highest BCUT2D eigenvalue weighted by molar-refractivity contribution is 6.33.